The Balaban J connectivity index is 1.81. The normalized spacial score (nSPS) is 10.4. The first-order valence-electron chi connectivity index (χ1n) is 6.27. The van der Waals surface area contributed by atoms with E-state index < -0.39 is 0 Å². The first-order valence-corrected chi connectivity index (χ1v) is 6.27. The zero-order valence-corrected chi connectivity index (χ0v) is 11.0. The third-order valence-electron chi connectivity index (χ3n) is 3.00. The van der Waals surface area contributed by atoms with Crippen molar-refractivity contribution in [3.63, 3.8) is 0 Å². The van der Waals surface area contributed by atoms with Gasteiger partial charge in [0.15, 0.2) is 0 Å². The summed E-state index contributed by atoms with van der Waals surface area (Å²) in [7, 11) is 1.80. The Bertz CT molecular complexity index is 758. The molecule has 3 rings (SSSR count). The molecule has 1 heterocycles. The van der Waals surface area contributed by atoms with Crippen LogP contribution in [0.15, 0.2) is 54.9 Å². The number of carbonyl (C=O) groups excluding carboxylic acids is 1. The van der Waals surface area contributed by atoms with E-state index in [2.05, 4.69) is 15.7 Å². The number of aromatic nitrogens is 2. The quantitative estimate of drug-likeness (QED) is 0.748. The van der Waals surface area contributed by atoms with Gasteiger partial charge in [0.05, 0.1) is 17.6 Å². The van der Waals surface area contributed by atoms with E-state index in [9.17, 15) is 4.79 Å². The largest absolute Gasteiger partial charge is 0.323 e. The fourth-order valence-electron chi connectivity index (χ4n) is 2.10. The topological polar surface area (TPSA) is 59.0 Å². The molecule has 2 aromatic carbocycles. The van der Waals surface area contributed by atoms with Crippen LogP contribution in [0, 0.1) is 0 Å². The molecule has 0 aliphatic rings. The van der Waals surface area contributed by atoms with E-state index in [1.54, 1.807) is 24.1 Å². The van der Waals surface area contributed by atoms with E-state index in [-0.39, 0.29) is 6.03 Å². The molecule has 0 fully saturated rings. The van der Waals surface area contributed by atoms with Crippen LogP contribution in [0.25, 0.3) is 10.8 Å². The number of amides is 2. The van der Waals surface area contributed by atoms with Crippen molar-refractivity contribution >= 4 is 28.2 Å². The van der Waals surface area contributed by atoms with Crippen LogP contribution in [-0.4, -0.2) is 15.8 Å². The maximum Gasteiger partial charge on any atom is 0.323 e. The average Bonchev–Trinajstić information content (AvgIpc) is 2.84. The lowest BCUT2D eigenvalue weighted by Crippen LogP contribution is -2.19. The lowest BCUT2D eigenvalue weighted by molar-refractivity contribution is 0.262. The Labute approximate surface area is 116 Å². The molecule has 0 atom stereocenters. The molecule has 0 saturated heterocycles. The Morgan fingerprint density at radius 2 is 1.90 bits per heavy atom. The summed E-state index contributed by atoms with van der Waals surface area (Å²) in [6.45, 7) is 0. The monoisotopic (exact) mass is 266 g/mol. The van der Waals surface area contributed by atoms with Crippen LogP contribution in [-0.2, 0) is 7.05 Å². The minimum absolute atomic E-state index is 0.283. The fourth-order valence-corrected chi connectivity index (χ4v) is 2.10. The summed E-state index contributed by atoms with van der Waals surface area (Å²) in [5.41, 5.74) is 1.44. The zero-order chi connectivity index (χ0) is 13.9. The Morgan fingerprint density at radius 1 is 1.10 bits per heavy atom. The van der Waals surface area contributed by atoms with E-state index >= 15 is 0 Å². The Kier molecular flexibility index (Phi) is 3.09. The maximum atomic E-state index is 12.0. The molecule has 5 heteroatoms. The third-order valence-corrected chi connectivity index (χ3v) is 3.00. The lowest BCUT2D eigenvalue weighted by atomic mass is 10.1. The van der Waals surface area contributed by atoms with Crippen LogP contribution in [0.1, 0.15) is 0 Å². The van der Waals surface area contributed by atoms with Gasteiger partial charge in [-0.05, 0) is 11.5 Å². The van der Waals surface area contributed by atoms with Crippen molar-refractivity contribution < 1.29 is 4.79 Å². The van der Waals surface area contributed by atoms with Gasteiger partial charge < -0.3 is 10.6 Å². The van der Waals surface area contributed by atoms with Crippen molar-refractivity contribution in [2.75, 3.05) is 10.6 Å². The molecule has 20 heavy (non-hydrogen) atoms. The second-order valence-electron chi connectivity index (χ2n) is 4.51. The number of fused-ring (bicyclic) bond motifs is 1. The molecule has 0 radical (unpaired) electrons. The number of nitrogens with zero attached hydrogens (tertiary/aromatic N) is 2. The number of hydrogen-bond acceptors (Lipinski definition) is 2. The van der Waals surface area contributed by atoms with Crippen molar-refractivity contribution in [2.24, 2.45) is 7.05 Å². The summed E-state index contributed by atoms with van der Waals surface area (Å²) in [5.74, 6) is 0. The van der Waals surface area contributed by atoms with E-state index in [4.69, 9.17) is 0 Å². The van der Waals surface area contributed by atoms with Gasteiger partial charge in [-0.3, -0.25) is 4.68 Å². The number of rotatable bonds is 2. The molecule has 0 saturated carbocycles. The first-order chi connectivity index (χ1) is 9.72. The van der Waals surface area contributed by atoms with Crippen LogP contribution < -0.4 is 10.6 Å². The van der Waals surface area contributed by atoms with E-state index in [0.29, 0.717) is 5.69 Å². The molecule has 0 bridgehead atoms. The standard InChI is InChI=1S/C15H14N4O/c1-19-10-12(9-16-19)17-15(20)18-14-8-4-6-11-5-2-3-7-13(11)14/h2-10H,1H3,(H2,17,18,20). The lowest BCUT2D eigenvalue weighted by Gasteiger charge is -2.09. The van der Waals surface area contributed by atoms with Gasteiger partial charge in [-0.15, -0.1) is 0 Å². The molecular weight excluding hydrogens is 252 g/mol. The predicted octanol–water partition coefficient (Wildman–Crippen LogP) is 3.22. The molecule has 2 N–H and O–H groups in total. The zero-order valence-electron chi connectivity index (χ0n) is 11.0. The fraction of sp³-hybridized carbons (Fsp3) is 0.0667. The number of aryl methyl sites for hydroxylation is 1. The number of benzene rings is 2. The van der Waals surface area contributed by atoms with Gasteiger partial charge in [0.1, 0.15) is 0 Å². The van der Waals surface area contributed by atoms with Crippen LogP contribution in [0.2, 0.25) is 0 Å². The van der Waals surface area contributed by atoms with Gasteiger partial charge in [-0.1, -0.05) is 36.4 Å². The first kappa shape index (κ1) is 12.2. The minimum atomic E-state index is -0.283. The number of urea groups is 1. The van der Waals surface area contributed by atoms with Gasteiger partial charge in [-0.2, -0.15) is 5.10 Å². The van der Waals surface area contributed by atoms with E-state index in [1.165, 1.54) is 0 Å². The number of carbonyl (C=O) groups is 1. The highest BCUT2D eigenvalue weighted by atomic mass is 16.2. The second kappa shape index (κ2) is 5.05. The number of hydrogen-bond donors (Lipinski definition) is 2. The molecule has 100 valence electrons. The average molecular weight is 266 g/mol. The number of nitrogens with one attached hydrogen (secondary N) is 2. The van der Waals surface area contributed by atoms with Crippen LogP contribution in [0.5, 0.6) is 0 Å². The minimum Gasteiger partial charge on any atom is -0.307 e. The highest BCUT2D eigenvalue weighted by Gasteiger charge is 2.06. The summed E-state index contributed by atoms with van der Waals surface area (Å²) in [6, 6.07) is 13.4. The maximum absolute atomic E-state index is 12.0. The van der Waals surface area contributed by atoms with Gasteiger partial charge in [0, 0.05) is 18.6 Å². The predicted molar refractivity (Wildman–Crippen MR) is 79.8 cm³/mol. The van der Waals surface area contributed by atoms with Crippen LogP contribution in [0.4, 0.5) is 16.2 Å². The molecule has 0 aliphatic heterocycles. The molecule has 2 amide bonds. The summed E-state index contributed by atoms with van der Waals surface area (Å²) in [6.07, 6.45) is 3.34. The third kappa shape index (κ3) is 2.47. The van der Waals surface area contributed by atoms with Gasteiger partial charge in [-0.25, -0.2) is 4.79 Å². The van der Waals surface area contributed by atoms with Gasteiger partial charge >= 0.3 is 6.03 Å². The summed E-state index contributed by atoms with van der Waals surface area (Å²) >= 11 is 0. The molecule has 1 aromatic heterocycles. The van der Waals surface area contributed by atoms with Crippen LogP contribution >= 0.6 is 0 Å². The van der Waals surface area contributed by atoms with Crippen molar-refractivity contribution in [2.45, 2.75) is 0 Å². The molecule has 0 spiro atoms. The van der Waals surface area contributed by atoms with Crippen molar-refractivity contribution in [1.29, 1.82) is 0 Å². The highest BCUT2D eigenvalue weighted by Crippen LogP contribution is 2.23. The highest BCUT2D eigenvalue weighted by molar-refractivity contribution is 6.06. The molecular formula is C15H14N4O. The van der Waals surface area contributed by atoms with Crippen molar-refractivity contribution in [3.05, 3.63) is 54.9 Å². The second-order valence-corrected chi connectivity index (χ2v) is 4.51. The van der Waals surface area contributed by atoms with Gasteiger partial charge in [0.2, 0.25) is 0 Å². The van der Waals surface area contributed by atoms with Gasteiger partial charge in [0.25, 0.3) is 0 Å². The van der Waals surface area contributed by atoms with Crippen molar-refractivity contribution in [1.82, 2.24) is 9.78 Å². The summed E-state index contributed by atoms with van der Waals surface area (Å²) in [5, 5.41) is 11.7. The van der Waals surface area contributed by atoms with Crippen LogP contribution in [0.3, 0.4) is 0 Å². The molecule has 3 aromatic rings. The molecule has 0 aliphatic carbocycles. The number of anilines is 2. The van der Waals surface area contributed by atoms with E-state index in [0.717, 1.165) is 16.5 Å². The molecule has 5 nitrogen and oxygen atoms in total. The Hall–Kier alpha value is -2.82. The van der Waals surface area contributed by atoms with Crippen molar-refractivity contribution in [3.8, 4) is 0 Å². The SMILES string of the molecule is Cn1cc(NC(=O)Nc2cccc3ccccc23)cn1. The Morgan fingerprint density at radius 3 is 2.70 bits per heavy atom. The molecule has 0 unspecified atom stereocenters. The summed E-state index contributed by atoms with van der Waals surface area (Å²) in [4.78, 5) is 12.0. The van der Waals surface area contributed by atoms with E-state index in [1.807, 2.05) is 42.5 Å². The smallest absolute Gasteiger partial charge is 0.307 e. The summed E-state index contributed by atoms with van der Waals surface area (Å²) < 4.78 is 1.63.